The molecule has 0 aliphatic carbocycles. The number of carboxylic acid groups (broad SMARTS) is 1. The molecule has 2 rings (SSSR count). The van der Waals surface area contributed by atoms with Crippen LogP contribution in [0.3, 0.4) is 0 Å². The number of carbonyl (C=O) groups excluding carboxylic acids is 1. The van der Waals surface area contributed by atoms with Crippen molar-refractivity contribution >= 4 is 23.3 Å². The Morgan fingerprint density at radius 1 is 1.56 bits per heavy atom. The molecule has 6 heteroatoms. The highest BCUT2D eigenvalue weighted by atomic mass is 32.1. The molecule has 1 saturated heterocycles. The van der Waals surface area contributed by atoms with Crippen LogP contribution in [0.1, 0.15) is 24.0 Å². The largest absolute Gasteiger partial charge is 0.480 e. The first-order valence-corrected chi connectivity index (χ1v) is 6.83. The van der Waals surface area contributed by atoms with Crippen molar-refractivity contribution in [2.45, 2.75) is 32.4 Å². The number of carboxylic acids is 1. The highest BCUT2D eigenvalue weighted by Crippen LogP contribution is 2.18. The zero-order valence-corrected chi connectivity index (χ0v) is 11.0. The molecular formula is C12H16N2O3S. The summed E-state index contributed by atoms with van der Waals surface area (Å²) >= 11 is 1.60. The lowest BCUT2D eigenvalue weighted by molar-refractivity contribution is -0.141. The lowest BCUT2D eigenvalue weighted by Gasteiger charge is -2.21. The van der Waals surface area contributed by atoms with Crippen molar-refractivity contribution in [3.05, 3.63) is 21.9 Å². The maximum Gasteiger partial charge on any atom is 0.326 e. The van der Waals surface area contributed by atoms with Crippen molar-refractivity contribution in [2.75, 3.05) is 6.54 Å². The summed E-state index contributed by atoms with van der Waals surface area (Å²) in [5.41, 5.74) is 2.23. The van der Waals surface area contributed by atoms with Gasteiger partial charge in [-0.2, -0.15) is 11.3 Å². The van der Waals surface area contributed by atoms with Crippen LogP contribution in [0, 0.1) is 6.92 Å². The van der Waals surface area contributed by atoms with Crippen LogP contribution < -0.4 is 5.32 Å². The van der Waals surface area contributed by atoms with Crippen molar-refractivity contribution in [1.29, 1.82) is 0 Å². The summed E-state index contributed by atoms with van der Waals surface area (Å²) in [7, 11) is 0. The summed E-state index contributed by atoms with van der Waals surface area (Å²) in [5, 5.41) is 15.8. The fourth-order valence-corrected chi connectivity index (χ4v) is 2.96. The number of nitrogens with zero attached hydrogens (tertiary/aromatic N) is 1. The van der Waals surface area contributed by atoms with E-state index in [2.05, 4.69) is 5.32 Å². The second-order valence-corrected chi connectivity index (χ2v) is 5.17. The number of hydrogen-bond acceptors (Lipinski definition) is 3. The Kier molecular flexibility index (Phi) is 3.86. The van der Waals surface area contributed by atoms with Crippen molar-refractivity contribution in [3.63, 3.8) is 0 Å². The molecule has 1 aliphatic heterocycles. The third kappa shape index (κ3) is 2.64. The lowest BCUT2D eigenvalue weighted by atomic mass is 10.2. The highest BCUT2D eigenvalue weighted by molar-refractivity contribution is 7.08. The first-order valence-electron chi connectivity index (χ1n) is 5.88. The summed E-state index contributed by atoms with van der Waals surface area (Å²) in [5.74, 6) is -0.922. The van der Waals surface area contributed by atoms with Crippen LogP contribution in [0.5, 0.6) is 0 Å². The second-order valence-electron chi connectivity index (χ2n) is 4.43. The molecule has 0 bridgehead atoms. The minimum Gasteiger partial charge on any atom is -0.480 e. The number of rotatable bonds is 3. The highest BCUT2D eigenvalue weighted by Gasteiger charge is 2.33. The van der Waals surface area contributed by atoms with Crippen LogP contribution in [-0.4, -0.2) is 34.6 Å². The molecule has 1 aromatic heterocycles. The van der Waals surface area contributed by atoms with Gasteiger partial charge in [-0.15, -0.1) is 0 Å². The van der Waals surface area contributed by atoms with Gasteiger partial charge in [0, 0.05) is 13.1 Å². The van der Waals surface area contributed by atoms with Gasteiger partial charge in [0.2, 0.25) is 0 Å². The summed E-state index contributed by atoms with van der Waals surface area (Å²) in [4.78, 5) is 24.3. The molecule has 0 unspecified atom stereocenters. The summed E-state index contributed by atoms with van der Waals surface area (Å²) in [6.45, 7) is 2.97. The molecule has 2 heterocycles. The number of aliphatic carboxylic acids is 1. The van der Waals surface area contributed by atoms with Gasteiger partial charge >= 0.3 is 12.0 Å². The van der Waals surface area contributed by atoms with Crippen molar-refractivity contribution in [1.82, 2.24) is 10.2 Å². The molecule has 1 aliphatic rings. The molecule has 18 heavy (non-hydrogen) atoms. The second kappa shape index (κ2) is 5.39. The Labute approximate surface area is 109 Å². The molecule has 0 aromatic carbocycles. The molecule has 1 aromatic rings. The zero-order valence-electron chi connectivity index (χ0n) is 10.2. The third-order valence-corrected chi connectivity index (χ3v) is 4.10. The van der Waals surface area contributed by atoms with E-state index in [4.69, 9.17) is 5.11 Å². The van der Waals surface area contributed by atoms with Gasteiger partial charge in [0.1, 0.15) is 6.04 Å². The van der Waals surface area contributed by atoms with E-state index in [0.717, 1.165) is 17.5 Å². The first kappa shape index (κ1) is 12.9. The monoisotopic (exact) mass is 268 g/mol. The Hall–Kier alpha value is -1.56. The van der Waals surface area contributed by atoms with Gasteiger partial charge in [-0.05, 0) is 41.7 Å². The van der Waals surface area contributed by atoms with Gasteiger partial charge in [-0.3, -0.25) is 0 Å². The van der Waals surface area contributed by atoms with E-state index >= 15 is 0 Å². The number of thiophene rings is 1. The maximum absolute atomic E-state index is 11.9. The number of aryl methyl sites for hydroxylation is 1. The maximum atomic E-state index is 11.9. The van der Waals surface area contributed by atoms with Crippen LogP contribution in [0.25, 0.3) is 0 Å². The molecule has 98 valence electrons. The van der Waals surface area contributed by atoms with Crippen LogP contribution in [0.15, 0.2) is 10.8 Å². The van der Waals surface area contributed by atoms with Crippen molar-refractivity contribution in [3.8, 4) is 0 Å². The van der Waals surface area contributed by atoms with Gasteiger partial charge in [-0.1, -0.05) is 0 Å². The Morgan fingerprint density at radius 2 is 2.33 bits per heavy atom. The van der Waals surface area contributed by atoms with Crippen LogP contribution >= 0.6 is 11.3 Å². The predicted molar refractivity (Wildman–Crippen MR) is 68.7 cm³/mol. The number of amides is 2. The number of urea groups is 1. The SMILES string of the molecule is Cc1cscc1CNC(=O)N1CCC[C@@H]1C(=O)O. The van der Waals surface area contributed by atoms with Crippen LogP contribution in [0.4, 0.5) is 4.79 Å². The molecule has 0 radical (unpaired) electrons. The Bertz CT molecular complexity index is 458. The number of hydrogen-bond donors (Lipinski definition) is 2. The molecule has 0 spiro atoms. The fraction of sp³-hybridized carbons (Fsp3) is 0.500. The third-order valence-electron chi connectivity index (χ3n) is 3.19. The summed E-state index contributed by atoms with van der Waals surface area (Å²) < 4.78 is 0. The smallest absolute Gasteiger partial charge is 0.326 e. The van der Waals surface area contributed by atoms with Gasteiger partial charge < -0.3 is 15.3 Å². The van der Waals surface area contributed by atoms with E-state index in [0.29, 0.717) is 19.5 Å². The average Bonchev–Trinajstić information content (AvgIpc) is 2.94. The number of nitrogens with one attached hydrogen (secondary N) is 1. The Morgan fingerprint density at radius 3 is 2.94 bits per heavy atom. The minimum atomic E-state index is -0.922. The van der Waals surface area contributed by atoms with Crippen LogP contribution in [-0.2, 0) is 11.3 Å². The molecule has 1 atom stereocenters. The summed E-state index contributed by atoms with van der Waals surface area (Å²) in [6.07, 6.45) is 1.29. The normalized spacial score (nSPS) is 18.9. The van der Waals surface area contributed by atoms with E-state index in [-0.39, 0.29) is 6.03 Å². The van der Waals surface area contributed by atoms with E-state index < -0.39 is 12.0 Å². The summed E-state index contributed by atoms with van der Waals surface area (Å²) in [6, 6.07) is -0.959. The van der Waals surface area contributed by atoms with Gasteiger partial charge in [0.25, 0.3) is 0 Å². The van der Waals surface area contributed by atoms with E-state index in [1.807, 2.05) is 17.7 Å². The molecule has 0 saturated carbocycles. The van der Waals surface area contributed by atoms with Gasteiger partial charge in [0.15, 0.2) is 0 Å². The lowest BCUT2D eigenvalue weighted by Crippen LogP contribution is -2.45. The molecule has 5 nitrogen and oxygen atoms in total. The van der Waals surface area contributed by atoms with Crippen molar-refractivity contribution in [2.24, 2.45) is 0 Å². The number of carbonyl (C=O) groups is 2. The van der Waals surface area contributed by atoms with Gasteiger partial charge in [0.05, 0.1) is 0 Å². The predicted octanol–water partition coefficient (Wildman–Crippen LogP) is 1.82. The molecule has 2 amide bonds. The number of likely N-dealkylation sites (tertiary alicyclic amines) is 1. The van der Waals surface area contributed by atoms with Crippen LogP contribution in [0.2, 0.25) is 0 Å². The van der Waals surface area contributed by atoms with Crippen molar-refractivity contribution < 1.29 is 14.7 Å². The zero-order chi connectivity index (χ0) is 13.1. The van der Waals surface area contributed by atoms with Gasteiger partial charge in [-0.25, -0.2) is 9.59 Å². The molecular weight excluding hydrogens is 252 g/mol. The Balaban J connectivity index is 1.92. The average molecular weight is 268 g/mol. The molecule has 1 fully saturated rings. The van der Waals surface area contributed by atoms with E-state index in [9.17, 15) is 9.59 Å². The standard InChI is InChI=1S/C12H16N2O3S/c1-8-6-18-7-9(8)5-13-12(17)14-4-2-3-10(14)11(15)16/h6-7,10H,2-5H2,1H3,(H,13,17)(H,15,16)/t10-/m1/s1. The molecule has 2 N–H and O–H groups in total. The first-order chi connectivity index (χ1) is 8.59. The quantitative estimate of drug-likeness (QED) is 0.878. The fourth-order valence-electron chi connectivity index (χ4n) is 2.11. The van der Waals surface area contributed by atoms with E-state index in [1.165, 1.54) is 4.90 Å². The minimum absolute atomic E-state index is 0.287. The van der Waals surface area contributed by atoms with E-state index in [1.54, 1.807) is 11.3 Å². The topological polar surface area (TPSA) is 69.6 Å².